The zero-order valence-corrected chi connectivity index (χ0v) is 13.0. The monoisotopic (exact) mass is 327 g/mol. The SMILES string of the molecule is CCC(=O)OCC(COP(=O)(O)OCCN)OC(=O)CC. The van der Waals surface area contributed by atoms with Crippen LogP contribution < -0.4 is 5.73 Å². The van der Waals surface area contributed by atoms with Gasteiger partial charge in [-0.2, -0.15) is 0 Å². The summed E-state index contributed by atoms with van der Waals surface area (Å²) in [6, 6.07) is 0. The lowest BCUT2D eigenvalue weighted by Gasteiger charge is -2.19. The second-order valence-corrected chi connectivity index (χ2v) is 5.34. The third kappa shape index (κ3) is 10.4. The summed E-state index contributed by atoms with van der Waals surface area (Å²) in [6.07, 6.45) is -0.721. The fraction of sp³-hybridized carbons (Fsp3) is 0.818. The highest BCUT2D eigenvalue weighted by Gasteiger charge is 2.25. The van der Waals surface area contributed by atoms with E-state index in [4.69, 9.17) is 15.2 Å². The molecule has 3 N–H and O–H groups in total. The van der Waals surface area contributed by atoms with Crippen LogP contribution in [0.15, 0.2) is 0 Å². The van der Waals surface area contributed by atoms with E-state index in [0.29, 0.717) is 0 Å². The van der Waals surface area contributed by atoms with E-state index < -0.39 is 32.5 Å². The van der Waals surface area contributed by atoms with E-state index in [0.717, 1.165) is 0 Å². The van der Waals surface area contributed by atoms with E-state index in [-0.39, 0.29) is 32.6 Å². The largest absolute Gasteiger partial charge is 0.472 e. The van der Waals surface area contributed by atoms with Crippen LogP contribution >= 0.6 is 7.82 Å². The number of esters is 2. The molecule has 0 fully saturated rings. The zero-order valence-electron chi connectivity index (χ0n) is 12.1. The normalized spacial score (nSPS) is 15.0. The van der Waals surface area contributed by atoms with Crippen molar-refractivity contribution < 1.29 is 37.6 Å². The number of ether oxygens (including phenoxy) is 2. The Labute approximate surface area is 123 Å². The lowest BCUT2D eigenvalue weighted by molar-refractivity contribution is -0.160. The zero-order chi connectivity index (χ0) is 16.3. The first-order valence-corrected chi connectivity index (χ1v) is 8.01. The van der Waals surface area contributed by atoms with Gasteiger partial charge < -0.3 is 20.1 Å². The molecule has 0 aliphatic heterocycles. The molecule has 10 heteroatoms. The standard InChI is InChI=1S/C11H22NO8P/c1-3-10(13)17-7-9(20-11(14)4-2)8-19-21(15,16)18-6-5-12/h9H,3-8,12H2,1-2H3,(H,15,16). The van der Waals surface area contributed by atoms with Gasteiger partial charge in [-0.05, 0) is 0 Å². The van der Waals surface area contributed by atoms with Crippen LogP contribution in [0.2, 0.25) is 0 Å². The Morgan fingerprint density at radius 2 is 1.76 bits per heavy atom. The summed E-state index contributed by atoms with van der Waals surface area (Å²) in [4.78, 5) is 31.6. The molecule has 0 aromatic rings. The molecule has 0 aliphatic rings. The van der Waals surface area contributed by atoms with Gasteiger partial charge in [-0.1, -0.05) is 13.8 Å². The van der Waals surface area contributed by atoms with Crippen molar-refractivity contribution in [3.63, 3.8) is 0 Å². The molecule has 0 radical (unpaired) electrons. The van der Waals surface area contributed by atoms with Crippen molar-refractivity contribution >= 4 is 19.8 Å². The first-order valence-electron chi connectivity index (χ1n) is 6.51. The summed E-state index contributed by atoms with van der Waals surface area (Å²) in [5.74, 6) is -1.04. The average Bonchev–Trinajstić information content (AvgIpc) is 2.47. The summed E-state index contributed by atoms with van der Waals surface area (Å²) >= 11 is 0. The molecular weight excluding hydrogens is 305 g/mol. The predicted octanol–water partition coefficient (Wildman–Crippen LogP) is 0.354. The molecule has 0 heterocycles. The van der Waals surface area contributed by atoms with Gasteiger partial charge in [0, 0.05) is 19.4 Å². The third-order valence-corrected chi connectivity index (χ3v) is 3.09. The molecule has 124 valence electrons. The molecule has 21 heavy (non-hydrogen) atoms. The number of hydrogen-bond acceptors (Lipinski definition) is 8. The molecule has 0 bridgehead atoms. The first-order chi connectivity index (χ1) is 9.84. The lowest BCUT2D eigenvalue weighted by atomic mass is 10.4. The summed E-state index contributed by atoms with van der Waals surface area (Å²) in [5, 5.41) is 0. The number of rotatable bonds is 11. The first kappa shape index (κ1) is 20.0. The maximum Gasteiger partial charge on any atom is 0.472 e. The Bertz CT molecular complexity index is 375. The molecule has 0 saturated heterocycles. The van der Waals surface area contributed by atoms with Crippen molar-refractivity contribution in [1.29, 1.82) is 0 Å². The fourth-order valence-electron chi connectivity index (χ4n) is 1.06. The van der Waals surface area contributed by atoms with E-state index in [9.17, 15) is 19.0 Å². The van der Waals surface area contributed by atoms with Crippen LogP contribution in [0.25, 0.3) is 0 Å². The number of hydrogen-bond donors (Lipinski definition) is 2. The molecule has 0 aromatic heterocycles. The molecule has 2 atom stereocenters. The van der Waals surface area contributed by atoms with Gasteiger partial charge in [-0.25, -0.2) is 4.57 Å². The Kier molecular flexibility index (Phi) is 10.2. The topological polar surface area (TPSA) is 134 Å². The van der Waals surface area contributed by atoms with E-state index in [2.05, 4.69) is 9.05 Å². The molecule has 0 rings (SSSR count). The van der Waals surface area contributed by atoms with Crippen LogP contribution in [-0.2, 0) is 32.7 Å². The second kappa shape index (κ2) is 10.7. The van der Waals surface area contributed by atoms with E-state index in [1.54, 1.807) is 13.8 Å². The lowest BCUT2D eigenvalue weighted by Crippen LogP contribution is -2.29. The van der Waals surface area contributed by atoms with Crippen molar-refractivity contribution in [2.24, 2.45) is 5.73 Å². The van der Waals surface area contributed by atoms with Gasteiger partial charge >= 0.3 is 19.8 Å². The molecule has 9 nitrogen and oxygen atoms in total. The van der Waals surface area contributed by atoms with Gasteiger partial charge in [0.05, 0.1) is 13.2 Å². The second-order valence-electron chi connectivity index (χ2n) is 3.89. The van der Waals surface area contributed by atoms with Gasteiger partial charge in [-0.3, -0.25) is 18.6 Å². The molecule has 2 unspecified atom stereocenters. The summed E-state index contributed by atoms with van der Waals surface area (Å²) in [6.45, 7) is 2.37. The maximum absolute atomic E-state index is 11.4. The van der Waals surface area contributed by atoms with E-state index >= 15 is 0 Å². The van der Waals surface area contributed by atoms with Crippen molar-refractivity contribution in [3.05, 3.63) is 0 Å². The van der Waals surface area contributed by atoms with Crippen LogP contribution in [0.1, 0.15) is 26.7 Å². The number of phosphoric ester groups is 1. The smallest absolute Gasteiger partial charge is 0.462 e. The Balaban J connectivity index is 4.41. The molecule has 0 aromatic carbocycles. The quantitative estimate of drug-likeness (QED) is 0.407. The number of carbonyl (C=O) groups is 2. The highest BCUT2D eigenvalue weighted by atomic mass is 31.2. The van der Waals surface area contributed by atoms with Crippen molar-refractivity contribution in [1.82, 2.24) is 0 Å². The van der Waals surface area contributed by atoms with Crippen LogP contribution in [0.3, 0.4) is 0 Å². The van der Waals surface area contributed by atoms with Crippen LogP contribution in [-0.4, -0.2) is 49.3 Å². The number of nitrogens with two attached hydrogens (primary N) is 1. The minimum atomic E-state index is -4.28. The highest BCUT2D eigenvalue weighted by Crippen LogP contribution is 2.42. The molecule has 0 aliphatic carbocycles. The molecule has 0 amide bonds. The van der Waals surface area contributed by atoms with Gasteiger partial charge in [0.15, 0.2) is 6.10 Å². The molecule has 0 spiro atoms. The predicted molar refractivity (Wildman–Crippen MR) is 72.2 cm³/mol. The van der Waals surface area contributed by atoms with E-state index in [1.807, 2.05) is 0 Å². The van der Waals surface area contributed by atoms with Crippen LogP contribution in [0, 0.1) is 0 Å². The van der Waals surface area contributed by atoms with Gasteiger partial charge in [0.25, 0.3) is 0 Å². The summed E-state index contributed by atoms with van der Waals surface area (Å²) < 4.78 is 30.4. The fourth-order valence-corrected chi connectivity index (χ4v) is 1.82. The maximum atomic E-state index is 11.4. The van der Waals surface area contributed by atoms with Crippen molar-refractivity contribution in [3.8, 4) is 0 Å². The molecule has 0 saturated carbocycles. The van der Waals surface area contributed by atoms with Gasteiger partial charge in [0.1, 0.15) is 6.61 Å². The minimum Gasteiger partial charge on any atom is -0.462 e. The number of carbonyl (C=O) groups excluding carboxylic acids is 2. The third-order valence-electron chi connectivity index (χ3n) is 2.10. The minimum absolute atomic E-state index is 0.0519. The van der Waals surface area contributed by atoms with Crippen molar-refractivity contribution in [2.75, 3.05) is 26.4 Å². The van der Waals surface area contributed by atoms with Crippen LogP contribution in [0.4, 0.5) is 0 Å². The highest BCUT2D eigenvalue weighted by molar-refractivity contribution is 7.47. The van der Waals surface area contributed by atoms with Gasteiger partial charge in [0.2, 0.25) is 0 Å². The van der Waals surface area contributed by atoms with Crippen molar-refractivity contribution in [2.45, 2.75) is 32.8 Å². The number of phosphoric acid groups is 1. The van der Waals surface area contributed by atoms with Gasteiger partial charge in [-0.15, -0.1) is 0 Å². The summed E-state index contributed by atoms with van der Waals surface area (Å²) in [7, 11) is -4.28. The average molecular weight is 327 g/mol. The summed E-state index contributed by atoms with van der Waals surface area (Å²) in [5.41, 5.74) is 5.13. The van der Waals surface area contributed by atoms with Crippen LogP contribution in [0.5, 0.6) is 0 Å². The van der Waals surface area contributed by atoms with E-state index in [1.165, 1.54) is 0 Å². The Hall–Kier alpha value is -0.990. The molecular formula is C11H22NO8P. The Morgan fingerprint density at radius 3 is 2.29 bits per heavy atom. The Morgan fingerprint density at radius 1 is 1.14 bits per heavy atom.